The van der Waals surface area contributed by atoms with Crippen LogP contribution in [0.5, 0.6) is 0 Å². The van der Waals surface area contributed by atoms with E-state index in [1.165, 1.54) is 0 Å². The maximum absolute atomic E-state index is 11.0. The van der Waals surface area contributed by atoms with E-state index >= 15 is 0 Å². The van der Waals surface area contributed by atoms with Crippen molar-refractivity contribution in [2.45, 2.75) is 32.7 Å². The fourth-order valence-electron chi connectivity index (χ4n) is 2.56. The van der Waals surface area contributed by atoms with E-state index in [-0.39, 0.29) is 11.8 Å². The third-order valence-corrected chi connectivity index (χ3v) is 3.64. The van der Waals surface area contributed by atoms with Gasteiger partial charge in [0.2, 0.25) is 0 Å². The first-order valence-corrected chi connectivity index (χ1v) is 6.15. The molecule has 0 aliphatic heterocycles. The van der Waals surface area contributed by atoms with Crippen LogP contribution in [0, 0.1) is 18.8 Å². The Balaban J connectivity index is 1.79. The van der Waals surface area contributed by atoms with E-state index < -0.39 is 5.97 Å². The summed E-state index contributed by atoms with van der Waals surface area (Å²) in [7, 11) is 0. The zero-order valence-corrected chi connectivity index (χ0v) is 10.1. The Hall–Kier alpha value is -1.29. The van der Waals surface area contributed by atoms with Crippen LogP contribution >= 0.6 is 0 Å². The van der Waals surface area contributed by atoms with Gasteiger partial charge in [0.15, 0.2) is 0 Å². The van der Waals surface area contributed by atoms with E-state index in [0.29, 0.717) is 6.54 Å². The van der Waals surface area contributed by atoms with Gasteiger partial charge in [0, 0.05) is 0 Å². The molecule has 0 amide bonds. The van der Waals surface area contributed by atoms with Crippen LogP contribution in [-0.4, -0.2) is 17.6 Å². The lowest BCUT2D eigenvalue weighted by Crippen LogP contribution is -2.28. The predicted octanol–water partition coefficient (Wildman–Crippen LogP) is 2.18. The van der Waals surface area contributed by atoms with Crippen LogP contribution in [0.15, 0.2) is 16.7 Å². The fourth-order valence-corrected chi connectivity index (χ4v) is 2.56. The van der Waals surface area contributed by atoms with E-state index in [4.69, 9.17) is 9.52 Å². The first-order chi connectivity index (χ1) is 8.18. The quantitative estimate of drug-likeness (QED) is 0.824. The minimum Gasteiger partial charge on any atom is -0.481 e. The molecule has 2 atom stereocenters. The van der Waals surface area contributed by atoms with Gasteiger partial charge in [0.1, 0.15) is 5.76 Å². The van der Waals surface area contributed by atoms with Gasteiger partial charge in [-0.1, -0.05) is 6.42 Å². The van der Waals surface area contributed by atoms with Crippen LogP contribution in [-0.2, 0) is 11.3 Å². The van der Waals surface area contributed by atoms with Crippen molar-refractivity contribution in [1.29, 1.82) is 0 Å². The number of hydrogen-bond donors (Lipinski definition) is 2. The molecule has 4 nitrogen and oxygen atoms in total. The van der Waals surface area contributed by atoms with Gasteiger partial charge in [-0.25, -0.2) is 0 Å². The summed E-state index contributed by atoms with van der Waals surface area (Å²) in [5.41, 5.74) is 1.14. The molecule has 2 rings (SSSR count). The van der Waals surface area contributed by atoms with Crippen molar-refractivity contribution in [3.8, 4) is 0 Å². The van der Waals surface area contributed by atoms with Crippen LogP contribution in [0.25, 0.3) is 0 Å². The van der Waals surface area contributed by atoms with Crippen LogP contribution < -0.4 is 5.32 Å². The van der Waals surface area contributed by atoms with Gasteiger partial charge in [-0.2, -0.15) is 0 Å². The molecule has 1 heterocycles. The second-order valence-electron chi connectivity index (χ2n) is 4.79. The molecular weight excluding hydrogens is 218 g/mol. The van der Waals surface area contributed by atoms with Crippen LogP contribution in [0.2, 0.25) is 0 Å². The molecule has 1 aliphatic rings. The summed E-state index contributed by atoms with van der Waals surface area (Å²) in [6.45, 7) is 3.45. The average Bonchev–Trinajstić information content (AvgIpc) is 2.88. The molecule has 94 valence electrons. The van der Waals surface area contributed by atoms with E-state index in [2.05, 4.69) is 5.32 Å². The third kappa shape index (κ3) is 2.88. The van der Waals surface area contributed by atoms with E-state index in [1.807, 2.05) is 13.0 Å². The molecule has 1 aliphatic carbocycles. The van der Waals surface area contributed by atoms with Gasteiger partial charge in [-0.15, -0.1) is 0 Å². The lowest BCUT2D eigenvalue weighted by atomic mass is 9.96. The molecule has 2 unspecified atom stereocenters. The van der Waals surface area contributed by atoms with Crippen molar-refractivity contribution in [3.05, 3.63) is 23.7 Å². The summed E-state index contributed by atoms with van der Waals surface area (Å²) >= 11 is 0. The zero-order chi connectivity index (χ0) is 12.3. The number of aliphatic carboxylic acids is 1. The van der Waals surface area contributed by atoms with Gasteiger partial charge in [-0.05, 0) is 43.9 Å². The maximum atomic E-state index is 11.0. The van der Waals surface area contributed by atoms with Crippen molar-refractivity contribution in [2.75, 3.05) is 6.54 Å². The van der Waals surface area contributed by atoms with Gasteiger partial charge < -0.3 is 14.8 Å². The standard InChI is InChI=1S/C13H19NO3/c1-9-5-6-17-12(9)8-14-7-10-3-2-4-11(10)13(15)16/h5-6,10-11,14H,2-4,7-8H2,1H3,(H,15,16). The molecule has 1 aromatic rings. The summed E-state index contributed by atoms with van der Waals surface area (Å²) in [6.07, 6.45) is 4.55. The topological polar surface area (TPSA) is 62.5 Å². The molecule has 0 bridgehead atoms. The molecule has 1 saturated carbocycles. The Morgan fingerprint density at radius 1 is 1.59 bits per heavy atom. The van der Waals surface area contributed by atoms with E-state index in [0.717, 1.165) is 37.1 Å². The van der Waals surface area contributed by atoms with E-state index in [9.17, 15) is 4.79 Å². The summed E-state index contributed by atoms with van der Waals surface area (Å²) < 4.78 is 5.32. The Morgan fingerprint density at radius 3 is 3.06 bits per heavy atom. The normalized spacial score (nSPS) is 24.1. The fraction of sp³-hybridized carbons (Fsp3) is 0.615. The summed E-state index contributed by atoms with van der Waals surface area (Å²) in [5, 5.41) is 12.4. The maximum Gasteiger partial charge on any atom is 0.306 e. The predicted molar refractivity (Wildman–Crippen MR) is 63.6 cm³/mol. The summed E-state index contributed by atoms with van der Waals surface area (Å²) in [5.74, 6) is 0.390. The van der Waals surface area contributed by atoms with Gasteiger partial charge >= 0.3 is 5.97 Å². The van der Waals surface area contributed by atoms with Crippen molar-refractivity contribution in [1.82, 2.24) is 5.32 Å². The molecule has 2 N–H and O–H groups in total. The van der Waals surface area contributed by atoms with Gasteiger partial charge in [0.25, 0.3) is 0 Å². The Morgan fingerprint density at radius 2 is 2.41 bits per heavy atom. The number of hydrogen-bond acceptors (Lipinski definition) is 3. The number of aryl methyl sites for hydroxylation is 1. The monoisotopic (exact) mass is 237 g/mol. The van der Waals surface area contributed by atoms with Crippen LogP contribution in [0.1, 0.15) is 30.6 Å². The Labute approximate surface area is 101 Å². The first kappa shape index (κ1) is 12.2. The highest BCUT2D eigenvalue weighted by Crippen LogP contribution is 2.31. The lowest BCUT2D eigenvalue weighted by Gasteiger charge is -2.15. The first-order valence-electron chi connectivity index (χ1n) is 6.15. The van der Waals surface area contributed by atoms with Crippen molar-refractivity contribution < 1.29 is 14.3 Å². The van der Waals surface area contributed by atoms with Crippen LogP contribution in [0.3, 0.4) is 0 Å². The highest BCUT2D eigenvalue weighted by Gasteiger charge is 2.32. The molecule has 0 aromatic carbocycles. The number of furan rings is 1. The highest BCUT2D eigenvalue weighted by molar-refractivity contribution is 5.70. The van der Waals surface area contributed by atoms with E-state index in [1.54, 1.807) is 6.26 Å². The number of carbonyl (C=O) groups is 1. The Kier molecular flexibility index (Phi) is 3.84. The smallest absolute Gasteiger partial charge is 0.306 e. The molecule has 4 heteroatoms. The second kappa shape index (κ2) is 5.36. The molecule has 1 fully saturated rings. The molecule has 17 heavy (non-hydrogen) atoms. The van der Waals surface area contributed by atoms with Crippen molar-refractivity contribution >= 4 is 5.97 Å². The van der Waals surface area contributed by atoms with Gasteiger partial charge in [0.05, 0.1) is 18.7 Å². The number of carboxylic acids is 1. The largest absolute Gasteiger partial charge is 0.481 e. The average molecular weight is 237 g/mol. The SMILES string of the molecule is Cc1ccoc1CNCC1CCCC1C(=O)O. The van der Waals surface area contributed by atoms with Crippen molar-refractivity contribution in [3.63, 3.8) is 0 Å². The third-order valence-electron chi connectivity index (χ3n) is 3.64. The van der Waals surface area contributed by atoms with Crippen molar-refractivity contribution in [2.24, 2.45) is 11.8 Å². The summed E-state index contributed by atoms with van der Waals surface area (Å²) in [6, 6.07) is 1.94. The zero-order valence-electron chi connectivity index (χ0n) is 10.1. The summed E-state index contributed by atoms with van der Waals surface area (Å²) in [4.78, 5) is 11.0. The number of carboxylic acid groups (broad SMARTS) is 1. The molecular formula is C13H19NO3. The molecule has 0 radical (unpaired) electrons. The minimum absolute atomic E-state index is 0.166. The highest BCUT2D eigenvalue weighted by atomic mass is 16.4. The number of rotatable bonds is 5. The number of nitrogens with one attached hydrogen (secondary N) is 1. The minimum atomic E-state index is -0.650. The molecule has 0 spiro atoms. The second-order valence-corrected chi connectivity index (χ2v) is 4.79. The van der Waals surface area contributed by atoms with Crippen LogP contribution in [0.4, 0.5) is 0 Å². The molecule has 0 saturated heterocycles. The Bertz CT molecular complexity index is 386. The lowest BCUT2D eigenvalue weighted by molar-refractivity contribution is -0.142. The molecule has 1 aromatic heterocycles. The van der Waals surface area contributed by atoms with Gasteiger partial charge in [-0.3, -0.25) is 4.79 Å².